The maximum atomic E-state index is 13.4. The number of rotatable bonds is 0. The van der Waals surface area contributed by atoms with Crippen LogP contribution in [0.15, 0.2) is 18.2 Å². The van der Waals surface area contributed by atoms with E-state index in [2.05, 4.69) is 5.32 Å². The third-order valence-electron chi connectivity index (χ3n) is 2.88. The van der Waals surface area contributed by atoms with E-state index in [1.165, 1.54) is 6.07 Å². The van der Waals surface area contributed by atoms with Crippen LogP contribution in [-0.4, -0.2) is 32.1 Å². The lowest BCUT2D eigenvalue weighted by atomic mass is 10.1. The van der Waals surface area contributed by atoms with Crippen LogP contribution in [0.4, 0.5) is 10.1 Å². The van der Waals surface area contributed by atoms with Gasteiger partial charge in [-0.05, 0) is 12.1 Å². The Labute approximate surface area is 92.3 Å². The zero-order chi connectivity index (χ0) is 11.3. The van der Waals surface area contributed by atoms with Crippen molar-refractivity contribution in [1.82, 2.24) is 0 Å². The van der Waals surface area contributed by atoms with Crippen molar-refractivity contribution in [3.05, 3.63) is 24.0 Å². The molecule has 86 valence electrons. The van der Waals surface area contributed by atoms with Crippen LogP contribution >= 0.6 is 0 Å². The highest BCUT2D eigenvalue weighted by molar-refractivity contribution is 7.91. The summed E-state index contributed by atoms with van der Waals surface area (Å²) in [5, 5.41) is 3.01. The van der Waals surface area contributed by atoms with Crippen LogP contribution < -0.4 is 10.1 Å². The molecule has 16 heavy (non-hydrogen) atoms. The van der Waals surface area contributed by atoms with Gasteiger partial charge in [0.1, 0.15) is 6.10 Å². The largest absolute Gasteiger partial charge is 0.482 e. The van der Waals surface area contributed by atoms with E-state index in [-0.39, 0.29) is 23.3 Å². The molecule has 1 saturated heterocycles. The zero-order valence-corrected chi connectivity index (χ0v) is 9.13. The fourth-order valence-corrected chi connectivity index (χ4v) is 3.94. The molecule has 0 saturated carbocycles. The maximum Gasteiger partial charge on any atom is 0.178 e. The number of fused-ring (bicyclic) bond motifs is 2. The highest BCUT2D eigenvalue weighted by Gasteiger charge is 2.42. The first kappa shape index (κ1) is 9.89. The van der Waals surface area contributed by atoms with Crippen LogP contribution in [-0.2, 0) is 9.84 Å². The Balaban J connectivity index is 2.00. The van der Waals surface area contributed by atoms with Crippen molar-refractivity contribution in [2.45, 2.75) is 12.1 Å². The number of benzene rings is 1. The summed E-state index contributed by atoms with van der Waals surface area (Å²) >= 11 is 0. The van der Waals surface area contributed by atoms with Crippen LogP contribution in [0.5, 0.6) is 5.75 Å². The second-order valence-corrected chi connectivity index (χ2v) is 6.25. The number of hydrogen-bond acceptors (Lipinski definition) is 4. The molecule has 1 fully saturated rings. The van der Waals surface area contributed by atoms with Gasteiger partial charge in [-0.15, -0.1) is 0 Å². The third kappa shape index (κ3) is 1.44. The highest BCUT2D eigenvalue weighted by Crippen LogP contribution is 2.36. The molecule has 0 aliphatic carbocycles. The normalized spacial score (nSPS) is 29.8. The molecule has 1 N–H and O–H groups in total. The number of anilines is 1. The second kappa shape index (κ2) is 3.10. The molecule has 2 unspecified atom stereocenters. The minimum atomic E-state index is -3.07. The average Bonchev–Trinajstić information content (AvgIpc) is 2.48. The number of para-hydroxylation sites is 1. The van der Waals surface area contributed by atoms with Crippen LogP contribution in [0.2, 0.25) is 0 Å². The summed E-state index contributed by atoms with van der Waals surface area (Å²) < 4.78 is 41.7. The molecule has 0 amide bonds. The monoisotopic (exact) mass is 243 g/mol. The Morgan fingerprint density at radius 3 is 3.00 bits per heavy atom. The van der Waals surface area contributed by atoms with Gasteiger partial charge in [0.25, 0.3) is 0 Å². The Bertz CT molecular complexity index is 543. The van der Waals surface area contributed by atoms with E-state index in [0.29, 0.717) is 5.69 Å². The van der Waals surface area contributed by atoms with E-state index in [1.54, 1.807) is 12.1 Å². The van der Waals surface area contributed by atoms with E-state index in [0.717, 1.165) is 0 Å². The van der Waals surface area contributed by atoms with E-state index >= 15 is 0 Å². The summed E-state index contributed by atoms with van der Waals surface area (Å²) in [5.41, 5.74) is 0.526. The molecule has 2 aliphatic rings. The van der Waals surface area contributed by atoms with Gasteiger partial charge in [-0.2, -0.15) is 0 Å². The number of ether oxygens (including phenoxy) is 1. The van der Waals surface area contributed by atoms with Crippen LogP contribution in [0.1, 0.15) is 0 Å². The third-order valence-corrected chi connectivity index (χ3v) is 4.58. The summed E-state index contributed by atoms with van der Waals surface area (Å²) in [6, 6.07) is 4.28. The Morgan fingerprint density at radius 2 is 2.19 bits per heavy atom. The van der Waals surface area contributed by atoms with Crippen molar-refractivity contribution < 1.29 is 17.5 Å². The van der Waals surface area contributed by atoms with Crippen molar-refractivity contribution in [2.75, 3.05) is 16.8 Å². The molecular formula is C10H10FNO3S. The lowest BCUT2D eigenvalue weighted by Gasteiger charge is -2.29. The Morgan fingerprint density at radius 1 is 1.38 bits per heavy atom. The van der Waals surface area contributed by atoms with Gasteiger partial charge in [0.2, 0.25) is 0 Å². The smallest absolute Gasteiger partial charge is 0.178 e. The lowest BCUT2D eigenvalue weighted by Crippen LogP contribution is -2.40. The van der Waals surface area contributed by atoms with Gasteiger partial charge < -0.3 is 10.1 Å². The first-order valence-corrected chi connectivity index (χ1v) is 6.79. The van der Waals surface area contributed by atoms with Crippen molar-refractivity contribution in [1.29, 1.82) is 0 Å². The fourth-order valence-electron chi connectivity index (χ4n) is 2.16. The molecule has 0 bridgehead atoms. The quantitative estimate of drug-likeness (QED) is 0.732. The highest BCUT2D eigenvalue weighted by atomic mass is 32.2. The lowest BCUT2D eigenvalue weighted by molar-refractivity contribution is 0.196. The van der Waals surface area contributed by atoms with Gasteiger partial charge in [0, 0.05) is 0 Å². The second-order valence-electron chi connectivity index (χ2n) is 4.10. The standard InChI is InChI=1S/C10H10FNO3S/c11-6-2-1-3-7-10(6)15-9-5-16(13,14)4-8(9)12-7/h1-3,8-9,12H,4-5H2. The number of nitrogens with one attached hydrogen (secondary N) is 1. The van der Waals surface area contributed by atoms with E-state index in [9.17, 15) is 12.8 Å². The summed E-state index contributed by atoms with van der Waals surface area (Å²) in [5.74, 6) is -0.333. The predicted molar refractivity (Wildman–Crippen MR) is 56.9 cm³/mol. The Hall–Kier alpha value is -1.30. The molecule has 0 radical (unpaired) electrons. The van der Waals surface area contributed by atoms with E-state index in [4.69, 9.17) is 4.74 Å². The first-order chi connectivity index (χ1) is 7.55. The average molecular weight is 243 g/mol. The minimum absolute atomic E-state index is 0.0432. The predicted octanol–water partition coefficient (Wildman–Crippen LogP) is 0.796. The summed E-state index contributed by atoms with van der Waals surface area (Å²) in [4.78, 5) is 0. The summed E-state index contributed by atoms with van der Waals surface area (Å²) in [7, 11) is -3.07. The van der Waals surface area contributed by atoms with Gasteiger partial charge in [0.15, 0.2) is 21.4 Å². The molecular weight excluding hydrogens is 233 g/mol. The topological polar surface area (TPSA) is 55.4 Å². The van der Waals surface area contributed by atoms with Gasteiger partial charge in [-0.1, -0.05) is 6.07 Å². The first-order valence-electron chi connectivity index (χ1n) is 4.97. The van der Waals surface area contributed by atoms with E-state index in [1.807, 2.05) is 0 Å². The molecule has 4 nitrogen and oxygen atoms in total. The SMILES string of the molecule is O=S1(=O)CC2Nc3cccc(F)c3OC2C1. The van der Waals surface area contributed by atoms with Crippen LogP contribution in [0.25, 0.3) is 0 Å². The number of sulfone groups is 1. The van der Waals surface area contributed by atoms with Crippen LogP contribution in [0.3, 0.4) is 0 Å². The van der Waals surface area contributed by atoms with E-state index < -0.39 is 21.8 Å². The van der Waals surface area contributed by atoms with Gasteiger partial charge in [-0.25, -0.2) is 12.8 Å². The van der Waals surface area contributed by atoms with Crippen molar-refractivity contribution in [2.24, 2.45) is 0 Å². The minimum Gasteiger partial charge on any atom is -0.482 e. The number of hydrogen-bond donors (Lipinski definition) is 1. The summed E-state index contributed by atoms with van der Waals surface area (Å²) in [6.45, 7) is 0. The molecule has 0 spiro atoms. The van der Waals surface area contributed by atoms with Gasteiger partial charge >= 0.3 is 0 Å². The summed E-state index contributed by atoms with van der Waals surface area (Å²) in [6.07, 6.45) is -0.477. The van der Waals surface area contributed by atoms with Crippen molar-refractivity contribution in [3.63, 3.8) is 0 Å². The molecule has 0 aromatic heterocycles. The van der Waals surface area contributed by atoms with Gasteiger partial charge in [0.05, 0.1) is 23.2 Å². The Kier molecular flexibility index (Phi) is 1.92. The fraction of sp³-hybridized carbons (Fsp3) is 0.400. The molecule has 2 atom stereocenters. The van der Waals surface area contributed by atoms with Crippen molar-refractivity contribution in [3.8, 4) is 5.75 Å². The molecule has 2 aliphatic heterocycles. The maximum absolute atomic E-state index is 13.4. The van der Waals surface area contributed by atoms with Crippen molar-refractivity contribution >= 4 is 15.5 Å². The van der Waals surface area contributed by atoms with Gasteiger partial charge in [-0.3, -0.25) is 0 Å². The molecule has 1 aromatic carbocycles. The van der Waals surface area contributed by atoms with Crippen LogP contribution in [0, 0.1) is 5.82 Å². The number of halogens is 1. The molecule has 6 heteroatoms. The molecule has 1 aromatic rings. The molecule has 2 heterocycles. The molecule has 3 rings (SSSR count). The zero-order valence-electron chi connectivity index (χ0n) is 8.31.